The van der Waals surface area contributed by atoms with E-state index in [0.29, 0.717) is 17.2 Å². The molecular formula is C15H19BrFNO. The molecule has 1 aromatic carbocycles. The third-order valence-corrected chi connectivity index (χ3v) is 4.29. The molecule has 0 unspecified atom stereocenters. The fourth-order valence-electron chi connectivity index (χ4n) is 2.27. The SMILES string of the molecule is Cc1ccc(C(=O)N(CCCBr)C2CCC2)cc1F. The number of carbonyl (C=O) groups is 1. The molecule has 0 heterocycles. The van der Waals surface area contributed by atoms with Crippen LogP contribution < -0.4 is 0 Å². The Kier molecular flexibility index (Phi) is 4.97. The van der Waals surface area contributed by atoms with Gasteiger partial charge in [0.05, 0.1) is 0 Å². The second-order valence-corrected chi connectivity index (χ2v) is 5.88. The van der Waals surface area contributed by atoms with Crippen molar-refractivity contribution >= 4 is 21.8 Å². The zero-order valence-corrected chi connectivity index (χ0v) is 12.7. The summed E-state index contributed by atoms with van der Waals surface area (Å²) in [7, 11) is 0. The van der Waals surface area contributed by atoms with Gasteiger partial charge in [-0.05, 0) is 50.3 Å². The maximum atomic E-state index is 13.6. The lowest BCUT2D eigenvalue weighted by Crippen LogP contribution is -2.44. The highest BCUT2D eigenvalue weighted by atomic mass is 79.9. The lowest BCUT2D eigenvalue weighted by Gasteiger charge is -2.37. The molecule has 0 bridgehead atoms. The maximum Gasteiger partial charge on any atom is 0.254 e. The van der Waals surface area contributed by atoms with Crippen LogP contribution in [0.4, 0.5) is 4.39 Å². The Morgan fingerprint density at radius 1 is 1.47 bits per heavy atom. The fourth-order valence-corrected chi connectivity index (χ4v) is 2.52. The third-order valence-electron chi connectivity index (χ3n) is 3.73. The first kappa shape index (κ1) is 14.5. The number of halogens is 2. The van der Waals surface area contributed by atoms with Gasteiger partial charge in [-0.3, -0.25) is 4.79 Å². The van der Waals surface area contributed by atoms with Crippen LogP contribution in [0, 0.1) is 12.7 Å². The topological polar surface area (TPSA) is 20.3 Å². The Morgan fingerprint density at radius 2 is 2.21 bits per heavy atom. The van der Waals surface area contributed by atoms with Gasteiger partial charge in [-0.25, -0.2) is 4.39 Å². The number of alkyl halides is 1. The zero-order chi connectivity index (χ0) is 13.8. The number of hydrogen-bond donors (Lipinski definition) is 0. The summed E-state index contributed by atoms with van der Waals surface area (Å²) in [5.41, 5.74) is 1.04. The van der Waals surface area contributed by atoms with Crippen molar-refractivity contribution in [2.45, 2.75) is 38.6 Å². The van der Waals surface area contributed by atoms with Crippen LogP contribution in [0.1, 0.15) is 41.6 Å². The van der Waals surface area contributed by atoms with Crippen molar-refractivity contribution in [2.24, 2.45) is 0 Å². The third kappa shape index (κ3) is 3.35. The van der Waals surface area contributed by atoms with Crippen LogP contribution in [0.2, 0.25) is 0 Å². The normalized spacial score (nSPS) is 15.1. The summed E-state index contributed by atoms with van der Waals surface area (Å²) < 4.78 is 13.6. The van der Waals surface area contributed by atoms with E-state index in [1.807, 2.05) is 4.90 Å². The van der Waals surface area contributed by atoms with Gasteiger partial charge in [0.25, 0.3) is 5.91 Å². The molecular weight excluding hydrogens is 309 g/mol. The number of benzene rings is 1. The monoisotopic (exact) mass is 327 g/mol. The molecule has 1 amide bonds. The van der Waals surface area contributed by atoms with Gasteiger partial charge in [-0.2, -0.15) is 0 Å². The molecule has 104 valence electrons. The Bertz CT molecular complexity index is 459. The number of carbonyl (C=O) groups excluding carboxylic acids is 1. The lowest BCUT2D eigenvalue weighted by atomic mass is 9.90. The van der Waals surface area contributed by atoms with E-state index in [4.69, 9.17) is 0 Å². The van der Waals surface area contributed by atoms with Gasteiger partial charge in [0.1, 0.15) is 5.82 Å². The van der Waals surface area contributed by atoms with Gasteiger partial charge in [0, 0.05) is 23.5 Å². The van der Waals surface area contributed by atoms with E-state index in [1.54, 1.807) is 19.1 Å². The van der Waals surface area contributed by atoms with Crippen LogP contribution in [0.25, 0.3) is 0 Å². The van der Waals surface area contributed by atoms with Gasteiger partial charge in [0.15, 0.2) is 0 Å². The van der Waals surface area contributed by atoms with E-state index < -0.39 is 0 Å². The lowest BCUT2D eigenvalue weighted by molar-refractivity contribution is 0.0580. The molecule has 2 rings (SSSR count). The molecule has 0 aromatic heterocycles. The Hall–Kier alpha value is -0.900. The van der Waals surface area contributed by atoms with Crippen molar-refractivity contribution in [3.8, 4) is 0 Å². The van der Waals surface area contributed by atoms with Crippen molar-refractivity contribution in [1.29, 1.82) is 0 Å². The van der Waals surface area contributed by atoms with Crippen molar-refractivity contribution in [3.05, 3.63) is 35.1 Å². The first-order chi connectivity index (χ1) is 9.13. The largest absolute Gasteiger partial charge is 0.336 e. The molecule has 0 atom stereocenters. The molecule has 1 fully saturated rings. The van der Waals surface area contributed by atoms with E-state index in [0.717, 1.165) is 31.1 Å². The quantitative estimate of drug-likeness (QED) is 0.751. The predicted molar refractivity (Wildman–Crippen MR) is 78.2 cm³/mol. The van der Waals surface area contributed by atoms with Gasteiger partial charge in [0.2, 0.25) is 0 Å². The number of hydrogen-bond acceptors (Lipinski definition) is 1. The van der Waals surface area contributed by atoms with Crippen LogP contribution in [-0.4, -0.2) is 28.7 Å². The molecule has 4 heteroatoms. The molecule has 0 aliphatic heterocycles. The van der Waals surface area contributed by atoms with Crippen molar-refractivity contribution < 1.29 is 9.18 Å². The Morgan fingerprint density at radius 3 is 2.74 bits per heavy atom. The predicted octanol–water partition coefficient (Wildman–Crippen LogP) is 3.91. The van der Waals surface area contributed by atoms with E-state index in [-0.39, 0.29) is 11.7 Å². The second kappa shape index (κ2) is 6.51. The average Bonchev–Trinajstić information content (AvgIpc) is 2.34. The Balaban J connectivity index is 2.15. The summed E-state index contributed by atoms with van der Waals surface area (Å²) in [5.74, 6) is -0.343. The second-order valence-electron chi connectivity index (χ2n) is 5.09. The van der Waals surface area contributed by atoms with Gasteiger partial charge >= 0.3 is 0 Å². The first-order valence-corrected chi connectivity index (χ1v) is 7.88. The fraction of sp³-hybridized carbons (Fsp3) is 0.533. The molecule has 0 saturated heterocycles. The summed E-state index contributed by atoms with van der Waals surface area (Å²) in [6, 6.07) is 5.10. The molecule has 0 spiro atoms. The van der Waals surface area contributed by atoms with E-state index in [2.05, 4.69) is 15.9 Å². The minimum Gasteiger partial charge on any atom is -0.336 e. The minimum absolute atomic E-state index is 0.0375. The van der Waals surface area contributed by atoms with Crippen molar-refractivity contribution in [2.75, 3.05) is 11.9 Å². The summed E-state index contributed by atoms with van der Waals surface area (Å²) in [6.07, 6.45) is 4.26. The summed E-state index contributed by atoms with van der Waals surface area (Å²) in [4.78, 5) is 14.4. The molecule has 0 N–H and O–H groups in total. The van der Waals surface area contributed by atoms with Crippen molar-refractivity contribution in [1.82, 2.24) is 4.90 Å². The van der Waals surface area contributed by atoms with Gasteiger partial charge in [-0.1, -0.05) is 22.0 Å². The zero-order valence-electron chi connectivity index (χ0n) is 11.2. The first-order valence-electron chi connectivity index (χ1n) is 6.76. The van der Waals surface area contributed by atoms with Crippen LogP contribution in [0.5, 0.6) is 0 Å². The molecule has 1 aromatic rings. The standard InChI is InChI=1S/C15H19BrFNO/c1-11-6-7-12(10-14(11)17)15(19)18(9-3-8-16)13-4-2-5-13/h6-7,10,13H,2-5,8-9H2,1H3. The summed E-state index contributed by atoms with van der Waals surface area (Å²) >= 11 is 3.40. The van der Waals surface area contributed by atoms with Crippen LogP contribution in [-0.2, 0) is 0 Å². The average molecular weight is 328 g/mol. The number of rotatable bonds is 5. The van der Waals surface area contributed by atoms with Gasteiger partial charge < -0.3 is 4.90 Å². The van der Waals surface area contributed by atoms with E-state index in [1.165, 1.54) is 12.5 Å². The van der Waals surface area contributed by atoms with Crippen molar-refractivity contribution in [3.63, 3.8) is 0 Å². The number of nitrogens with zero attached hydrogens (tertiary/aromatic N) is 1. The summed E-state index contributed by atoms with van der Waals surface area (Å²) in [6.45, 7) is 2.45. The molecule has 0 radical (unpaired) electrons. The minimum atomic E-state index is -0.306. The van der Waals surface area contributed by atoms with E-state index >= 15 is 0 Å². The highest BCUT2D eigenvalue weighted by molar-refractivity contribution is 9.09. The Labute approximate surface area is 122 Å². The van der Waals surface area contributed by atoms with Crippen LogP contribution in [0.15, 0.2) is 18.2 Å². The maximum absolute atomic E-state index is 13.6. The molecule has 2 nitrogen and oxygen atoms in total. The molecule has 1 aliphatic rings. The number of amides is 1. The van der Waals surface area contributed by atoms with Gasteiger partial charge in [-0.15, -0.1) is 0 Å². The molecule has 1 saturated carbocycles. The molecule has 19 heavy (non-hydrogen) atoms. The van der Waals surface area contributed by atoms with Crippen LogP contribution >= 0.6 is 15.9 Å². The highest BCUT2D eigenvalue weighted by Crippen LogP contribution is 2.26. The van der Waals surface area contributed by atoms with Crippen LogP contribution in [0.3, 0.4) is 0 Å². The number of aryl methyl sites for hydroxylation is 1. The van der Waals surface area contributed by atoms with E-state index in [9.17, 15) is 9.18 Å². The summed E-state index contributed by atoms with van der Waals surface area (Å²) in [5, 5.41) is 0.881. The smallest absolute Gasteiger partial charge is 0.254 e. The highest BCUT2D eigenvalue weighted by Gasteiger charge is 2.29. The molecule has 1 aliphatic carbocycles.